The van der Waals surface area contributed by atoms with Crippen LogP contribution in [0.1, 0.15) is 80.1 Å². The smallest absolute Gasteiger partial charge is 0.235 e. The fraction of sp³-hybridized carbons (Fsp3) is 0.941. The minimum Gasteiger partial charge on any atom is -0.259 e. The summed E-state index contributed by atoms with van der Waals surface area (Å²) in [6.07, 6.45) is 9.98. The summed E-state index contributed by atoms with van der Waals surface area (Å²) in [6, 6.07) is 0. The Labute approximate surface area is 120 Å². The molecule has 1 heterocycles. The summed E-state index contributed by atoms with van der Waals surface area (Å²) in [5, 5.41) is 0. The molecule has 0 aromatic carbocycles. The highest BCUT2D eigenvalue weighted by Gasteiger charge is 2.42. The SMILES string of the molecule is CCC(CC)(CC)N1C=[N+](C(CC)(CC)CC)CC1. The van der Waals surface area contributed by atoms with E-state index in [-0.39, 0.29) is 0 Å². The van der Waals surface area contributed by atoms with E-state index < -0.39 is 0 Å². The molecule has 1 aliphatic heterocycles. The molecule has 112 valence electrons. The Bertz CT molecular complexity index is 282. The fourth-order valence-electron chi connectivity index (χ4n) is 3.94. The van der Waals surface area contributed by atoms with Gasteiger partial charge in [-0.2, -0.15) is 0 Å². The molecular formula is C17H35N2+. The van der Waals surface area contributed by atoms with Gasteiger partial charge in [0.05, 0.1) is 0 Å². The zero-order valence-corrected chi connectivity index (χ0v) is 14.1. The molecule has 1 aliphatic rings. The molecule has 0 aromatic heterocycles. The summed E-state index contributed by atoms with van der Waals surface area (Å²) in [7, 11) is 0. The number of nitrogens with zero attached hydrogens (tertiary/aromatic N) is 2. The first-order chi connectivity index (χ1) is 9.07. The third-order valence-corrected chi connectivity index (χ3v) is 6.03. The van der Waals surface area contributed by atoms with E-state index in [1.54, 1.807) is 0 Å². The molecule has 0 radical (unpaired) electrons. The molecule has 0 aliphatic carbocycles. The van der Waals surface area contributed by atoms with E-state index in [9.17, 15) is 0 Å². The van der Waals surface area contributed by atoms with E-state index in [0.29, 0.717) is 11.1 Å². The van der Waals surface area contributed by atoms with Crippen LogP contribution in [0, 0.1) is 0 Å². The van der Waals surface area contributed by atoms with Gasteiger partial charge in [-0.25, -0.2) is 0 Å². The van der Waals surface area contributed by atoms with E-state index >= 15 is 0 Å². The van der Waals surface area contributed by atoms with E-state index in [4.69, 9.17) is 0 Å². The second-order valence-electron chi connectivity index (χ2n) is 6.07. The van der Waals surface area contributed by atoms with Crippen molar-refractivity contribution in [1.82, 2.24) is 4.90 Å². The summed E-state index contributed by atoms with van der Waals surface area (Å²) >= 11 is 0. The van der Waals surface area contributed by atoms with Gasteiger partial charge in [0.1, 0.15) is 24.2 Å². The second kappa shape index (κ2) is 6.76. The molecule has 0 amide bonds. The van der Waals surface area contributed by atoms with Crippen molar-refractivity contribution in [3.05, 3.63) is 0 Å². The summed E-state index contributed by atoms with van der Waals surface area (Å²) in [5.74, 6) is 0. The van der Waals surface area contributed by atoms with Crippen molar-refractivity contribution < 1.29 is 4.58 Å². The van der Waals surface area contributed by atoms with E-state index in [1.807, 2.05) is 0 Å². The molecule has 0 saturated heterocycles. The van der Waals surface area contributed by atoms with Crippen LogP contribution in [0.4, 0.5) is 0 Å². The molecule has 0 atom stereocenters. The minimum atomic E-state index is 0.385. The highest BCUT2D eigenvalue weighted by atomic mass is 15.3. The first kappa shape index (κ1) is 16.5. The number of hydrogen-bond donors (Lipinski definition) is 0. The predicted octanol–water partition coefficient (Wildman–Crippen LogP) is 4.28. The van der Waals surface area contributed by atoms with Crippen LogP contribution in [0.3, 0.4) is 0 Å². The summed E-state index contributed by atoms with van der Waals surface area (Å²) in [5.41, 5.74) is 0.769. The van der Waals surface area contributed by atoms with Crippen molar-refractivity contribution in [2.24, 2.45) is 0 Å². The maximum Gasteiger partial charge on any atom is 0.235 e. The molecule has 0 unspecified atom stereocenters. The molecule has 2 heteroatoms. The van der Waals surface area contributed by atoms with Crippen LogP contribution in [0.5, 0.6) is 0 Å². The van der Waals surface area contributed by atoms with Crippen LogP contribution in [-0.4, -0.2) is 40.0 Å². The average molecular weight is 267 g/mol. The molecule has 0 spiro atoms. The van der Waals surface area contributed by atoms with Crippen LogP contribution in [0.15, 0.2) is 0 Å². The van der Waals surface area contributed by atoms with Gasteiger partial charge in [-0.1, -0.05) is 41.5 Å². The lowest BCUT2D eigenvalue weighted by Crippen LogP contribution is -2.46. The molecule has 0 bridgehead atoms. The topological polar surface area (TPSA) is 6.25 Å². The van der Waals surface area contributed by atoms with E-state index in [0.717, 1.165) is 0 Å². The first-order valence-corrected chi connectivity index (χ1v) is 8.46. The zero-order chi connectivity index (χ0) is 14.5. The van der Waals surface area contributed by atoms with Gasteiger partial charge >= 0.3 is 0 Å². The van der Waals surface area contributed by atoms with Crippen LogP contribution in [-0.2, 0) is 0 Å². The Hall–Kier alpha value is -0.530. The van der Waals surface area contributed by atoms with Gasteiger partial charge in [-0.05, 0) is 38.5 Å². The molecule has 19 heavy (non-hydrogen) atoms. The Morgan fingerprint density at radius 3 is 1.68 bits per heavy atom. The zero-order valence-electron chi connectivity index (χ0n) is 14.1. The molecule has 1 rings (SSSR count). The van der Waals surface area contributed by atoms with Crippen LogP contribution in [0.25, 0.3) is 0 Å². The van der Waals surface area contributed by atoms with Crippen LogP contribution >= 0.6 is 0 Å². The summed E-state index contributed by atoms with van der Waals surface area (Å²) < 4.78 is 2.64. The maximum atomic E-state index is 2.64. The molecule has 0 saturated carbocycles. The summed E-state index contributed by atoms with van der Waals surface area (Å²) in [6.45, 7) is 16.5. The lowest BCUT2D eigenvalue weighted by Gasteiger charge is -2.34. The van der Waals surface area contributed by atoms with Gasteiger partial charge in [0.15, 0.2) is 0 Å². The lowest BCUT2D eigenvalue weighted by atomic mass is 9.88. The average Bonchev–Trinajstić information content (AvgIpc) is 2.95. The molecular weight excluding hydrogens is 232 g/mol. The highest BCUT2D eigenvalue weighted by Crippen LogP contribution is 2.31. The van der Waals surface area contributed by atoms with Gasteiger partial charge < -0.3 is 0 Å². The van der Waals surface area contributed by atoms with Gasteiger partial charge in [-0.3, -0.25) is 9.48 Å². The standard InChI is InChI=1S/C17H35N2/c1-7-16(8-2,9-3)18-13-14-19(15-18)17(10-4,11-5)12-6/h15H,7-14H2,1-6H3/q+1. The van der Waals surface area contributed by atoms with Gasteiger partial charge in [0, 0.05) is 0 Å². The molecule has 0 fully saturated rings. The highest BCUT2D eigenvalue weighted by molar-refractivity contribution is 5.52. The molecule has 0 aromatic rings. The van der Waals surface area contributed by atoms with Crippen molar-refractivity contribution in [2.75, 3.05) is 13.1 Å². The Balaban J connectivity index is 3.00. The lowest BCUT2D eigenvalue weighted by molar-refractivity contribution is -0.600. The van der Waals surface area contributed by atoms with Crippen LogP contribution in [0.2, 0.25) is 0 Å². The molecule has 2 nitrogen and oxygen atoms in total. The van der Waals surface area contributed by atoms with Crippen LogP contribution < -0.4 is 0 Å². The van der Waals surface area contributed by atoms with Gasteiger partial charge in [0.2, 0.25) is 6.34 Å². The largest absolute Gasteiger partial charge is 0.259 e. The fourth-order valence-corrected chi connectivity index (χ4v) is 3.94. The minimum absolute atomic E-state index is 0.385. The third kappa shape index (κ3) is 2.83. The quantitative estimate of drug-likeness (QED) is 0.595. The third-order valence-electron chi connectivity index (χ3n) is 6.03. The monoisotopic (exact) mass is 267 g/mol. The van der Waals surface area contributed by atoms with Crippen molar-refractivity contribution in [3.8, 4) is 0 Å². The van der Waals surface area contributed by atoms with Gasteiger partial charge in [-0.15, -0.1) is 0 Å². The maximum absolute atomic E-state index is 2.64. The predicted molar refractivity (Wildman–Crippen MR) is 85.1 cm³/mol. The van der Waals surface area contributed by atoms with Crippen molar-refractivity contribution in [1.29, 1.82) is 0 Å². The van der Waals surface area contributed by atoms with Crippen molar-refractivity contribution in [2.45, 2.75) is 91.1 Å². The Morgan fingerprint density at radius 2 is 1.32 bits per heavy atom. The van der Waals surface area contributed by atoms with Crippen molar-refractivity contribution >= 4 is 6.34 Å². The second-order valence-corrected chi connectivity index (χ2v) is 6.07. The normalized spacial score (nSPS) is 16.9. The number of rotatable bonds is 8. The molecule has 0 N–H and O–H groups in total. The first-order valence-electron chi connectivity index (χ1n) is 8.46. The number of hydrogen-bond acceptors (Lipinski definition) is 1. The summed E-state index contributed by atoms with van der Waals surface area (Å²) in [4.78, 5) is 2.64. The Morgan fingerprint density at radius 1 is 0.842 bits per heavy atom. The Kier molecular flexibility index (Phi) is 5.88. The van der Waals surface area contributed by atoms with E-state index in [2.05, 4.69) is 57.4 Å². The van der Waals surface area contributed by atoms with Gasteiger partial charge in [0.25, 0.3) is 0 Å². The van der Waals surface area contributed by atoms with Crippen molar-refractivity contribution in [3.63, 3.8) is 0 Å². The van der Waals surface area contributed by atoms with E-state index in [1.165, 1.54) is 51.6 Å².